The van der Waals surface area contributed by atoms with Crippen LogP contribution in [0.1, 0.15) is 17.4 Å². The summed E-state index contributed by atoms with van der Waals surface area (Å²) in [5.41, 5.74) is -0.249. The number of hydrogen-bond acceptors (Lipinski definition) is 2. The van der Waals surface area contributed by atoms with Crippen LogP contribution in [0.4, 0.5) is 4.39 Å². The highest BCUT2D eigenvalue weighted by atomic mass is 79.9. The molecular formula is C13H12BrFOS. The normalized spacial score (nSPS) is 14.6. The molecule has 0 saturated carbocycles. The summed E-state index contributed by atoms with van der Waals surface area (Å²) in [6.07, 6.45) is 0.523. The summed E-state index contributed by atoms with van der Waals surface area (Å²) >= 11 is 4.99. The molecule has 0 saturated heterocycles. The van der Waals surface area contributed by atoms with E-state index < -0.39 is 5.60 Å². The lowest BCUT2D eigenvalue weighted by Crippen LogP contribution is -2.23. The van der Waals surface area contributed by atoms with E-state index in [-0.39, 0.29) is 5.82 Å². The Bertz CT molecular complexity index is 504. The lowest BCUT2D eigenvalue weighted by molar-refractivity contribution is 0.0584. The van der Waals surface area contributed by atoms with E-state index in [1.54, 1.807) is 30.4 Å². The van der Waals surface area contributed by atoms with Gasteiger partial charge in [0, 0.05) is 11.3 Å². The van der Waals surface area contributed by atoms with Gasteiger partial charge in [-0.3, -0.25) is 0 Å². The predicted octanol–water partition coefficient (Wildman–Crippen LogP) is 4.10. The zero-order valence-corrected chi connectivity index (χ0v) is 11.7. The molecule has 0 spiro atoms. The molecule has 4 heteroatoms. The van der Waals surface area contributed by atoms with Crippen molar-refractivity contribution in [3.8, 4) is 0 Å². The first-order valence-electron chi connectivity index (χ1n) is 5.20. The Hall–Kier alpha value is -0.710. The highest BCUT2D eigenvalue weighted by Crippen LogP contribution is 2.30. The number of thiophene rings is 1. The van der Waals surface area contributed by atoms with Gasteiger partial charge in [-0.05, 0) is 52.7 Å². The molecular weight excluding hydrogens is 303 g/mol. The van der Waals surface area contributed by atoms with Gasteiger partial charge in [0.1, 0.15) is 5.82 Å². The van der Waals surface area contributed by atoms with Gasteiger partial charge >= 0.3 is 0 Å². The van der Waals surface area contributed by atoms with Crippen molar-refractivity contribution in [1.29, 1.82) is 0 Å². The number of hydrogen-bond donors (Lipinski definition) is 1. The summed E-state index contributed by atoms with van der Waals surface area (Å²) in [7, 11) is 0. The molecule has 1 aromatic carbocycles. The van der Waals surface area contributed by atoms with Crippen molar-refractivity contribution < 1.29 is 9.50 Å². The van der Waals surface area contributed by atoms with Crippen LogP contribution in [0, 0.1) is 5.82 Å². The minimum Gasteiger partial charge on any atom is -0.385 e. The molecule has 1 aromatic heterocycles. The van der Waals surface area contributed by atoms with Gasteiger partial charge < -0.3 is 5.11 Å². The van der Waals surface area contributed by atoms with E-state index in [9.17, 15) is 9.50 Å². The largest absolute Gasteiger partial charge is 0.385 e. The predicted molar refractivity (Wildman–Crippen MR) is 71.7 cm³/mol. The van der Waals surface area contributed by atoms with E-state index in [1.807, 2.05) is 12.1 Å². The minimum absolute atomic E-state index is 0.289. The second-order valence-electron chi connectivity index (χ2n) is 4.16. The fourth-order valence-electron chi connectivity index (χ4n) is 1.70. The van der Waals surface area contributed by atoms with E-state index in [2.05, 4.69) is 15.9 Å². The molecule has 2 rings (SSSR count). The van der Waals surface area contributed by atoms with Gasteiger partial charge in [0.15, 0.2) is 0 Å². The molecule has 0 bridgehead atoms. The monoisotopic (exact) mass is 314 g/mol. The lowest BCUT2D eigenvalue weighted by atomic mass is 9.92. The summed E-state index contributed by atoms with van der Waals surface area (Å²) in [5.74, 6) is -0.289. The minimum atomic E-state index is -0.974. The van der Waals surface area contributed by atoms with Crippen LogP contribution >= 0.6 is 27.3 Å². The van der Waals surface area contributed by atoms with Gasteiger partial charge in [0.05, 0.1) is 9.39 Å². The molecule has 1 nitrogen and oxygen atoms in total. The lowest BCUT2D eigenvalue weighted by Gasteiger charge is -2.23. The molecule has 0 aliphatic carbocycles. The molecule has 1 atom stereocenters. The van der Waals surface area contributed by atoms with Crippen LogP contribution in [-0.2, 0) is 12.0 Å². The second kappa shape index (κ2) is 4.88. The van der Waals surface area contributed by atoms with Crippen LogP contribution in [0.15, 0.2) is 40.2 Å². The Morgan fingerprint density at radius 3 is 2.41 bits per heavy atom. The molecule has 0 radical (unpaired) electrons. The molecule has 2 aromatic rings. The van der Waals surface area contributed by atoms with Crippen molar-refractivity contribution >= 4 is 27.3 Å². The molecule has 0 amide bonds. The third-order valence-corrected chi connectivity index (χ3v) is 4.24. The third kappa shape index (κ3) is 3.15. The smallest absolute Gasteiger partial charge is 0.123 e. The Kier molecular flexibility index (Phi) is 3.66. The molecule has 17 heavy (non-hydrogen) atoms. The Morgan fingerprint density at radius 2 is 1.88 bits per heavy atom. The second-order valence-corrected chi connectivity index (χ2v) is 6.71. The van der Waals surface area contributed by atoms with E-state index in [0.29, 0.717) is 6.42 Å². The Morgan fingerprint density at radius 1 is 1.24 bits per heavy atom. The maximum absolute atomic E-state index is 12.8. The van der Waals surface area contributed by atoms with Crippen LogP contribution in [-0.4, -0.2) is 5.11 Å². The van der Waals surface area contributed by atoms with E-state index in [1.165, 1.54) is 12.1 Å². The summed E-state index contributed by atoms with van der Waals surface area (Å²) in [6.45, 7) is 1.74. The summed E-state index contributed by atoms with van der Waals surface area (Å²) in [6, 6.07) is 9.92. The Balaban J connectivity index is 2.21. The van der Waals surface area contributed by atoms with E-state index in [0.717, 1.165) is 14.2 Å². The fraction of sp³-hybridized carbons (Fsp3) is 0.231. The zero-order chi connectivity index (χ0) is 12.5. The molecule has 0 aliphatic heterocycles. The molecule has 0 fully saturated rings. The topological polar surface area (TPSA) is 20.2 Å². The van der Waals surface area contributed by atoms with Crippen LogP contribution in [0.2, 0.25) is 0 Å². The zero-order valence-electron chi connectivity index (χ0n) is 9.28. The van der Waals surface area contributed by atoms with Gasteiger partial charge in [-0.25, -0.2) is 4.39 Å². The number of benzene rings is 1. The molecule has 90 valence electrons. The van der Waals surface area contributed by atoms with Crippen LogP contribution in [0.3, 0.4) is 0 Å². The van der Waals surface area contributed by atoms with Gasteiger partial charge in [-0.2, -0.15) is 0 Å². The van der Waals surface area contributed by atoms with Crippen LogP contribution < -0.4 is 0 Å². The molecule has 0 aliphatic rings. The quantitative estimate of drug-likeness (QED) is 0.904. The summed E-state index contributed by atoms with van der Waals surface area (Å²) in [5, 5.41) is 10.4. The first kappa shape index (κ1) is 12.7. The SMILES string of the molecule is CC(O)(Cc1ccc(Br)s1)c1ccc(F)cc1. The van der Waals surface area contributed by atoms with Crippen molar-refractivity contribution in [2.75, 3.05) is 0 Å². The maximum Gasteiger partial charge on any atom is 0.123 e. The van der Waals surface area contributed by atoms with Gasteiger partial charge in [-0.15, -0.1) is 11.3 Å². The van der Waals surface area contributed by atoms with Crippen LogP contribution in [0.5, 0.6) is 0 Å². The van der Waals surface area contributed by atoms with Gasteiger partial charge in [0.25, 0.3) is 0 Å². The average molecular weight is 315 g/mol. The summed E-state index contributed by atoms with van der Waals surface area (Å²) in [4.78, 5) is 1.09. The number of rotatable bonds is 3. The fourth-order valence-corrected chi connectivity index (χ4v) is 3.33. The highest BCUT2D eigenvalue weighted by molar-refractivity contribution is 9.11. The molecule has 1 N–H and O–H groups in total. The van der Waals surface area contributed by atoms with Gasteiger partial charge in [-0.1, -0.05) is 12.1 Å². The van der Waals surface area contributed by atoms with Crippen molar-refractivity contribution in [2.24, 2.45) is 0 Å². The first-order valence-corrected chi connectivity index (χ1v) is 6.81. The molecule has 1 unspecified atom stereocenters. The number of aliphatic hydroxyl groups is 1. The van der Waals surface area contributed by atoms with E-state index >= 15 is 0 Å². The van der Waals surface area contributed by atoms with Crippen molar-refractivity contribution in [3.63, 3.8) is 0 Å². The van der Waals surface area contributed by atoms with Gasteiger partial charge in [0.2, 0.25) is 0 Å². The van der Waals surface area contributed by atoms with Crippen molar-refractivity contribution in [2.45, 2.75) is 18.9 Å². The van der Waals surface area contributed by atoms with Crippen molar-refractivity contribution in [1.82, 2.24) is 0 Å². The van der Waals surface area contributed by atoms with Crippen molar-refractivity contribution in [3.05, 3.63) is 56.4 Å². The Labute approximate surface area is 112 Å². The summed E-state index contributed by atoms with van der Waals surface area (Å²) < 4.78 is 13.9. The third-order valence-electron chi connectivity index (χ3n) is 2.61. The molecule has 1 heterocycles. The first-order chi connectivity index (χ1) is 7.97. The standard InChI is InChI=1S/C13H12BrFOS/c1-13(16,8-11-6-7-12(14)17-11)9-2-4-10(15)5-3-9/h2-7,16H,8H2,1H3. The van der Waals surface area contributed by atoms with Crippen LogP contribution in [0.25, 0.3) is 0 Å². The average Bonchev–Trinajstić information content (AvgIpc) is 2.63. The maximum atomic E-state index is 12.8. The van der Waals surface area contributed by atoms with E-state index in [4.69, 9.17) is 0 Å². The highest BCUT2D eigenvalue weighted by Gasteiger charge is 2.24. The number of halogens is 2.